The first-order chi connectivity index (χ1) is 7.88. The number of nitrogens with two attached hydrogens (primary N) is 1. The minimum absolute atomic E-state index is 0.0166. The molecule has 0 aliphatic carbocycles. The summed E-state index contributed by atoms with van der Waals surface area (Å²) in [7, 11) is -4.53. The summed E-state index contributed by atoms with van der Waals surface area (Å²) in [6, 6.07) is 0.972. The van der Waals surface area contributed by atoms with Crippen molar-refractivity contribution >= 4 is 13.8 Å². The lowest BCUT2D eigenvalue weighted by molar-refractivity contribution is -0.340. The highest BCUT2D eigenvalue weighted by atomic mass is 31.2. The Hall–Kier alpha value is -1.05. The second kappa shape index (κ2) is 4.32. The molecule has 94 valence electrons. The van der Waals surface area contributed by atoms with Crippen molar-refractivity contribution in [3.05, 3.63) is 22.7 Å². The third-order valence-corrected chi connectivity index (χ3v) is 3.65. The second-order valence-electron chi connectivity index (χ2n) is 3.78. The Morgan fingerprint density at radius 1 is 1.65 bits per heavy atom. The number of rotatable bonds is 2. The fourth-order valence-electron chi connectivity index (χ4n) is 1.72. The standard InChI is InChI=1S/C8H12N3O5P/c9-6-1-2-11(8(12)10-6)5-3-7(16-4-5)17(13,14)15/h1-2,5,7H,3-4H2,(H2,9,10,12)(H2,13,14,15)/p-1/t5-,7+/m1/s1. The van der Waals surface area contributed by atoms with E-state index in [2.05, 4.69) is 4.98 Å². The molecule has 8 nitrogen and oxygen atoms in total. The number of nitrogens with zero attached hydrogens (tertiary/aromatic N) is 2. The van der Waals surface area contributed by atoms with Crippen LogP contribution < -0.4 is 21.2 Å². The molecule has 17 heavy (non-hydrogen) atoms. The molecule has 0 amide bonds. The van der Waals surface area contributed by atoms with Gasteiger partial charge in [-0.2, -0.15) is 4.98 Å². The van der Waals surface area contributed by atoms with Gasteiger partial charge in [0.05, 0.1) is 20.6 Å². The molecule has 0 bridgehead atoms. The van der Waals surface area contributed by atoms with Gasteiger partial charge in [-0.05, 0) is 6.07 Å². The molecule has 1 aromatic heterocycles. The zero-order valence-corrected chi connectivity index (χ0v) is 9.62. The van der Waals surface area contributed by atoms with E-state index in [1.807, 2.05) is 0 Å². The molecule has 1 aliphatic rings. The van der Waals surface area contributed by atoms with Gasteiger partial charge in [-0.3, -0.25) is 9.46 Å². The number of anilines is 1. The molecule has 9 heteroatoms. The van der Waals surface area contributed by atoms with Gasteiger partial charge in [0, 0.05) is 12.6 Å². The van der Waals surface area contributed by atoms with Gasteiger partial charge in [0.1, 0.15) is 5.82 Å². The van der Waals surface area contributed by atoms with Crippen LogP contribution in [0.15, 0.2) is 17.1 Å². The molecule has 1 fully saturated rings. The fourth-order valence-corrected chi connectivity index (χ4v) is 2.50. The summed E-state index contributed by atoms with van der Waals surface area (Å²) in [5, 5.41) is 0. The third-order valence-electron chi connectivity index (χ3n) is 2.56. The van der Waals surface area contributed by atoms with Gasteiger partial charge in [-0.1, -0.05) is 0 Å². The van der Waals surface area contributed by atoms with Crippen LogP contribution in [0.4, 0.5) is 5.82 Å². The number of hydrogen-bond donors (Lipinski definition) is 2. The van der Waals surface area contributed by atoms with Crippen LogP contribution in [0.3, 0.4) is 0 Å². The lowest BCUT2D eigenvalue weighted by Crippen LogP contribution is -2.32. The van der Waals surface area contributed by atoms with Crippen LogP contribution in [-0.2, 0) is 4.74 Å². The van der Waals surface area contributed by atoms with Gasteiger partial charge in [0.2, 0.25) is 0 Å². The monoisotopic (exact) mass is 260 g/mol. The molecule has 1 aliphatic heterocycles. The van der Waals surface area contributed by atoms with Gasteiger partial charge in [-0.25, -0.2) is 4.79 Å². The lowest BCUT2D eigenvalue weighted by atomic mass is 10.2. The van der Waals surface area contributed by atoms with Crippen molar-refractivity contribution < 1.29 is 19.4 Å². The van der Waals surface area contributed by atoms with E-state index in [0.717, 1.165) is 0 Å². The largest absolute Gasteiger partial charge is 0.658 e. The maximum absolute atomic E-state index is 11.5. The molecule has 0 saturated carbocycles. The Kier molecular flexibility index (Phi) is 3.15. The molecule has 0 spiro atoms. The zero-order chi connectivity index (χ0) is 12.6. The van der Waals surface area contributed by atoms with Crippen molar-refractivity contribution in [2.24, 2.45) is 0 Å². The highest BCUT2D eigenvalue weighted by molar-refractivity contribution is 7.56. The summed E-state index contributed by atoms with van der Waals surface area (Å²) in [4.78, 5) is 45.6. The highest BCUT2D eigenvalue weighted by Gasteiger charge is 2.37. The molecule has 3 N–H and O–H groups in total. The van der Waals surface area contributed by atoms with E-state index >= 15 is 0 Å². The highest BCUT2D eigenvalue weighted by Crippen LogP contribution is 2.48. The van der Waals surface area contributed by atoms with E-state index in [1.165, 1.54) is 16.8 Å². The minimum Gasteiger partial charge on any atom is -0.658 e. The van der Waals surface area contributed by atoms with Crippen LogP contribution in [0.2, 0.25) is 0 Å². The summed E-state index contributed by atoms with van der Waals surface area (Å²) in [5.74, 6) is -1.17. The maximum Gasteiger partial charge on any atom is 0.349 e. The van der Waals surface area contributed by atoms with Crippen molar-refractivity contribution in [1.82, 2.24) is 9.55 Å². The Morgan fingerprint density at radius 3 is 2.88 bits per heavy atom. The summed E-state index contributed by atoms with van der Waals surface area (Å²) in [5.41, 5.74) is 4.76. The molecule has 2 heterocycles. The predicted octanol–water partition coefficient (Wildman–Crippen LogP) is -2.41. The average molecular weight is 260 g/mol. The molecule has 2 atom stereocenters. The van der Waals surface area contributed by atoms with Crippen molar-refractivity contribution in [1.29, 1.82) is 0 Å². The number of aromatic nitrogens is 2. The van der Waals surface area contributed by atoms with Crippen molar-refractivity contribution in [2.75, 3.05) is 12.3 Å². The molecular weight excluding hydrogens is 249 g/mol. The van der Waals surface area contributed by atoms with Gasteiger partial charge >= 0.3 is 5.69 Å². The van der Waals surface area contributed by atoms with E-state index in [9.17, 15) is 14.6 Å². The maximum atomic E-state index is 11.5. The van der Waals surface area contributed by atoms with Crippen LogP contribution in [0.1, 0.15) is 12.5 Å². The normalized spacial score (nSPS) is 25.1. The summed E-state index contributed by atoms with van der Waals surface area (Å²) in [6.45, 7) is 0.0307. The average Bonchev–Trinajstić information content (AvgIpc) is 2.65. The van der Waals surface area contributed by atoms with E-state index in [1.54, 1.807) is 0 Å². The quantitative estimate of drug-likeness (QED) is 0.565. The van der Waals surface area contributed by atoms with Gasteiger partial charge in [-0.15, -0.1) is 0 Å². The lowest BCUT2D eigenvalue weighted by Gasteiger charge is -2.32. The fraction of sp³-hybridized carbons (Fsp3) is 0.500. The Bertz CT molecular complexity index is 471. The SMILES string of the molecule is Nc1ccn([C@H]2CO[C@@H]([P+]([O-])([O-])O)C2)c(=O)n1. The van der Waals surface area contributed by atoms with E-state index in [-0.39, 0.29) is 18.8 Å². The molecule has 0 unspecified atom stereocenters. The minimum atomic E-state index is -4.53. The van der Waals surface area contributed by atoms with Crippen molar-refractivity contribution in [3.8, 4) is 0 Å². The first-order valence-corrected chi connectivity index (χ1v) is 6.52. The first kappa shape index (κ1) is 12.4. The van der Waals surface area contributed by atoms with Gasteiger partial charge in [0.15, 0.2) is 5.85 Å². The molecule has 0 aromatic carbocycles. The van der Waals surface area contributed by atoms with Crippen LogP contribution in [0.5, 0.6) is 0 Å². The predicted molar refractivity (Wildman–Crippen MR) is 55.4 cm³/mol. The molecular formula is C8H11N3O5P-. The second-order valence-corrected chi connectivity index (χ2v) is 5.49. The van der Waals surface area contributed by atoms with Crippen LogP contribution >= 0.6 is 7.94 Å². The number of ether oxygens (including phenoxy) is 1. The molecule has 0 radical (unpaired) electrons. The molecule has 1 saturated heterocycles. The molecule has 1 aromatic rings. The number of nitrogen functional groups attached to an aromatic ring is 1. The number of hydrogen-bond acceptors (Lipinski definition) is 7. The topological polar surface area (TPSA) is 136 Å². The van der Waals surface area contributed by atoms with Crippen molar-refractivity contribution in [2.45, 2.75) is 18.3 Å². The van der Waals surface area contributed by atoms with Gasteiger partial charge < -0.3 is 20.3 Å². The zero-order valence-electron chi connectivity index (χ0n) is 8.72. The Morgan fingerprint density at radius 2 is 2.35 bits per heavy atom. The third kappa shape index (κ3) is 2.62. The Labute approximate surface area is 96.9 Å². The summed E-state index contributed by atoms with van der Waals surface area (Å²) >= 11 is 0. The summed E-state index contributed by atoms with van der Waals surface area (Å²) < 4.78 is 6.17. The van der Waals surface area contributed by atoms with E-state index in [4.69, 9.17) is 15.4 Å². The van der Waals surface area contributed by atoms with Crippen LogP contribution in [0, 0.1) is 0 Å². The molecule has 2 rings (SSSR count). The van der Waals surface area contributed by atoms with Crippen molar-refractivity contribution in [3.63, 3.8) is 0 Å². The Balaban J connectivity index is 2.18. The van der Waals surface area contributed by atoms with Crippen LogP contribution in [-0.4, -0.2) is 26.9 Å². The van der Waals surface area contributed by atoms with E-state index < -0.39 is 25.5 Å². The summed E-state index contributed by atoms with van der Waals surface area (Å²) in [6.07, 6.45) is 1.44. The smallest absolute Gasteiger partial charge is 0.349 e. The van der Waals surface area contributed by atoms with Crippen LogP contribution in [0.25, 0.3) is 0 Å². The van der Waals surface area contributed by atoms with Gasteiger partial charge in [0.25, 0.3) is 0 Å². The van der Waals surface area contributed by atoms with E-state index in [0.29, 0.717) is 0 Å². The first-order valence-electron chi connectivity index (χ1n) is 4.87.